The van der Waals surface area contributed by atoms with E-state index in [4.69, 9.17) is 9.47 Å². The van der Waals surface area contributed by atoms with Gasteiger partial charge in [-0.25, -0.2) is 4.79 Å². The molecule has 0 saturated heterocycles. The number of carbonyl (C=O) groups is 1. The van der Waals surface area contributed by atoms with Gasteiger partial charge in [-0.15, -0.1) is 0 Å². The number of benzene rings is 1. The van der Waals surface area contributed by atoms with Crippen LogP contribution in [0.3, 0.4) is 0 Å². The predicted molar refractivity (Wildman–Crippen MR) is 99.8 cm³/mol. The number of urea groups is 1. The molecule has 0 aliphatic carbocycles. The van der Waals surface area contributed by atoms with Crippen molar-refractivity contribution in [2.75, 3.05) is 19.0 Å². The van der Waals surface area contributed by atoms with Crippen molar-refractivity contribution in [1.82, 2.24) is 14.7 Å². The lowest BCUT2D eigenvalue weighted by atomic mass is 10.1. The first kappa shape index (κ1) is 18.1. The van der Waals surface area contributed by atoms with Gasteiger partial charge < -0.3 is 19.7 Å². The molecule has 1 N–H and O–H groups in total. The molecule has 1 aliphatic rings. The van der Waals surface area contributed by atoms with E-state index in [1.54, 1.807) is 16.7 Å². The summed E-state index contributed by atoms with van der Waals surface area (Å²) in [6.07, 6.45) is 0. The van der Waals surface area contributed by atoms with Crippen molar-refractivity contribution >= 4 is 11.7 Å². The van der Waals surface area contributed by atoms with Crippen LogP contribution in [0.2, 0.25) is 0 Å². The molecule has 140 valence electrons. The van der Waals surface area contributed by atoms with E-state index in [2.05, 4.69) is 10.4 Å². The number of fused-ring (bicyclic) bond motifs is 1. The molecular formula is C19H26N4O3. The fourth-order valence-corrected chi connectivity index (χ4v) is 3.22. The summed E-state index contributed by atoms with van der Waals surface area (Å²) >= 11 is 0. The first-order valence-corrected chi connectivity index (χ1v) is 8.62. The average Bonchev–Trinajstić information content (AvgIpc) is 2.74. The Balaban J connectivity index is 1.88. The third kappa shape index (κ3) is 3.47. The molecule has 0 atom stereocenters. The molecule has 7 nitrogen and oxygen atoms in total. The zero-order valence-electron chi connectivity index (χ0n) is 16.2. The third-order valence-electron chi connectivity index (χ3n) is 4.62. The molecule has 1 aliphatic heterocycles. The summed E-state index contributed by atoms with van der Waals surface area (Å²) in [5.41, 5.74) is 2.91. The minimum absolute atomic E-state index is 0.162. The zero-order chi connectivity index (χ0) is 19.1. The minimum atomic E-state index is -0.520. The van der Waals surface area contributed by atoms with Crippen LogP contribution in [-0.2, 0) is 13.6 Å². The van der Waals surface area contributed by atoms with Gasteiger partial charge in [-0.2, -0.15) is 5.10 Å². The molecule has 0 fully saturated rings. The van der Waals surface area contributed by atoms with Gasteiger partial charge in [0.1, 0.15) is 17.1 Å². The highest BCUT2D eigenvalue weighted by Crippen LogP contribution is 2.33. The molecule has 0 unspecified atom stereocenters. The number of ether oxygens (including phenoxy) is 2. The average molecular weight is 358 g/mol. The molecule has 2 aromatic rings. The maximum absolute atomic E-state index is 13.0. The van der Waals surface area contributed by atoms with E-state index in [-0.39, 0.29) is 6.03 Å². The van der Waals surface area contributed by atoms with Gasteiger partial charge in [0.25, 0.3) is 0 Å². The fourth-order valence-electron chi connectivity index (χ4n) is 3.22. The van der Waals surface area contributed by atoms with Crippen LogP contribution in [0.1, 0.15) is 30.8 Å². The van der Waals surface area contributed by atoms with Crippen LogP contribution >= 0.6 is 0 Å². The van der Waals surface area contributed by atoms with Crippen LogP contribution in [0.25, 0.3) is 0 Å². The fraction of sp³-hybridized carbons (Fsp3) is 0.474. The second kappa shape index (κ2) is 6.55. The second-order valence-electron chi connectivity index (χ2n) is 7.29. The quantitative estimate of drug-likeness (QED) is 0.895. The molecule has 0 saturated carbocycles. The Bertz CT molecular complexity index is 842. The van der Waals surface area contributed by atoms with Crippen molar-refractivity contribution in [3.05, 3.63) is 35.2 Å². The van der Waals surface area contributed by atoms with Gasteiger partial charge in [0.15, 0.2) is 0 Å². The highest BCUT2D eigenvalue weighted by Gasteiger charge is 2.32. The maximum Gasteiger partial charge on any atom is 0.322 e. The van der Waals surface area contributed by atoms with E-state index in [9.17, 15) is 4.79 Å². The number of amides is 2. The van der Waals surface area contributed by atoms with E-state index < -0.39 is 5.60 Å². The summed E-state index contributed by atoms with van der Waals surface area (Å²) in [7, 11) is 3.49. The number of nitrogens with one attached hydrogen (secondary N) is 1. The number of carbonyl (C=O) groups excluding carboxylic acids is 1. The molecule has 0 radical (unpaired) electrons. The van der Waals surface area contributed by atoms with Crippen molar-refractivity contribution in [3.8, 4) is 11.5 Å². The standard InChI is InChI=1S/C19H26N4O3/c1-12-17(13(2)22(5)21-12)20-18(24)23-10-14-7-8-15(25-6)9-16(14)26-19(3,4)11-23/h7-9H,10-11H2,1-6H3,(H,20,24). The molecule has 26 heavy (non-hydrogen) atoms. The summed E-state index contributed by atoms with van der Waals surface area (Å²) < 4.78 is 13.2. The Labute approximate surface area is 153 Å². The maximum atomic E-state index is 13.0. The number of rotatable bonds is 2. The zero-order valence-corrected chi connectivity index (χ0v) is 16.2. The summed E-state index contributed by atoms with van der Waals surface area (Å²) in [5, 5.41) is 7.37. The SMILES string of the molecule is COc1ccc2c(c1)OC(C)(C)CN(C(=O)Nc1c(C)nn(C)c1C)C2. The summed E-state index contributed by atoms with van der Waals surface area (Å²) in [5.74, 6) is 1.48. The van der Waals surface area contributed by atoms with Gasteiger partial charge in [0.2, 0.25) is 0 Å². The Kier molecular flexibility index (Phi) is 4.56. The van der Waals surface area contributed by atoms with E-state index in [0.717, 1.165) is 34.1 Å². The number of methoxy groups -OCH3 is 1. The van der Waals surface area contributed by atoms with Crippen molar-refractivity contribution in [2.24, 2.45) is 7.05 Å². The lowest BCUT2D eigenvalue weighted by Crippen LogP contribution is -2.44. The van der Waals surface area contributed by atoms with Crippen molar-refractivity contribution in [1.29, 1.82) is 0 Å². The Morgan fingerprint density at radius 1 is 1.35 bits per heavy atom. The van der Waals surface area contributed by atoms with Crippen LogP contribution in [0.5, 0.6) is 11.5 Å². The molecule has 7 heteroatoms. The molecule has 1 aromatic heterocycles. The van der Waals surface area contributed by atoms with E-state index in [0.29, 0.717) is 13.1 Å². The Morgan fingerprint density at radius 3 is 2.69 bits per heavy atom. The normalized spacial score (nSPS) is 15.7. The molecule has 2 amide bonds. The summed E-state index contributed by atoms with van der Waals surface area (Å²) in [4.78, 5) is 14.7. The smallest absolute Gasteiger partial charge is 0.322 e. The monoisotopic (exact) mass is 358 g/mol. The first-order valence-electron chi connectivity index (χ1n) is 8.62. The molecule has 2 heterocycles. The van der Waals surface area contributed by atoms with Crippen molar-refractivity contribution < 1.29 is 14.3 Å². The first-order chi connectivity index (χ1) is 12.2. The largest absolute Gasteiger partial charge is 0.497 e. The second-order valence-corrected chi connectivity index (χ2v) is 7.29. The number of aryl methyl sites for hydroxylation is 2. The van der Waals surface area contributed by atoms with Crippen LogP contribution in [0.4, 0.5) is 10.5 Å². The van der Waals surface area contributed by atoms with E-state index in [1.165, 1.54) is 0 Å². The molecule has 1 aromatic carbocycles. The molecule has 0 spiro atoms. The van der Waals surface area contributed by atoms with Gasteiger partial charge in [0.05, 0.1) is 37.3 Å². The highest BCUT2D eigenvalue weighted by atomic mass is 16.5. The van der Waals surface area contributed by atoms with Gasteiger partial charge in [0, 0.05) is 18.7 Å². The number of aromatic nitrogens is 2. The topological polar surface area (TPSA) is 68.6 Å². The van der Waals surface area contributed by atoms with Crippen LogP contribution < -0.4 is 14.8 Å². The number of anilines is 1. The Morgan fingerprint density at radius 2 is 2.08 bits per heavy atom. The highest BCUT2D eigenvalue weighted by molar-refractivity contribution is 5.90. The molecular weight excluding hydrogens is 332 g/mol. The number of nitrogens with zero attached hydrogens (tertiary/aromatic N) is 3. The van der Waals surface area contributed by atoms with Gasteiger partial charge in [-0.3, -0.25) is 4.68 Å². The predicted octanol–water partition coefficient (Wildman–Crippen LogP) is 3.25. The molecule has 3 rings (SSSR count). The van der Waals surface area contributed by atoms with Gasteiger partial charge in [-0.05, 0) is 39.8 Å². The number of hydrogen-bond donors (Lipinski definition) is 1. The van der Waals surface area contributed by atoms with Crippen LogP contribution in [0.15, 0.2) is 18.2 Å². The van der Waals surface area contributed by atoms with Gasteiger partial charge in [-0.1, -0.05) is 0 Å². The lowest BCUT2D eigenvalue weighted by Gasteiger charge is -2.29. The van der Waals surface area contributed by atoms with Crippen LogP contribution in [-0.4, -0.2) is 40.0 Å². The van der Waals surface area contributed by atoms with E-state index >= 15 is 0 Å². The summed E-state index contributed by atoms with van der Waals surface area (Å²) in [6, 6.07) is 5.53. The van der Waals surface area contributed by atoms with Crippen molar-refractivity contribution in [3.63, 3.8) is 0 Å². The van der Waals surface area contributed by atoms with E-state index in [1.807, 2.05) is 52.9 Å². The summed E-state index contributed by atoms with van der Waals surface area (Å²) in [6.45, 7) is 8.71. The minimum Gasteiger partial charge on any atom is -0.497 e. The van der Waals surface area contributed by atoms with Crippen LogP contribution in [0, 0.1) is 13.8 Å². The Hall–Kier alpha value is -2.70. The van der Waals surface area contributed by atoms with Gasteiger partial charge >= 0.3 is 6.03 Å². The lowest BCUT2D eigenvalue weighted by molar-refractivity contribution is 0.0833. The third-order valence-corrected chi connectivity index (χ3v) is 4.62. The number of hydrogen-bond acceptors (Lipinski definition) is 4. The molecule has 0 bridgehead atoms. The van der Waals surface area contributed by atoms with Crippen molar-refractivity contribution in [2.45, 2.75) is 39.8 Å².